The fraction of sp³-hybridized carbons (Fsp3) is 0.565. The Balaban J connectivity index is 1.32. The highest BCUT2D eigenvalue weighted by Gasteiger charge is 2.46. The molecule has 3 unspecified atom stereocenters. The van der Waals surface area contributed by atoms with E-state index in [1.54, 1.807) is 0 Å². The molecule has 4 rings (SSSR count). The van der Waals surface area contributed by atoms with E-state index >= 15 is 0 Å². The largest absolute Gasteiger partial charge is 0.369 e. The minimum Gasteiger partial charge on any atom is -0.369 e. The van der Waals surface area contributed by atoms with E-state index in [9.17, 15) is 19.2 Å². The number of benzene rings is 1. The molecule has 0 spiro atoms. The van der Waals surface area contributed by atoms with Crippen molar-refractivity contribution in [1.82, 2.24) is 15.1 Å². The Kier molecular flexibility index (Phi) is 6.25. The van der Waals surface area contributed by atoms with Gasteiger partial charge in [-0.15, -0.1) is 0 Å². The predicted octanol–water partition coefficient (Wildman–Crippen LogP) is 1.29. The van der Waals surface area contributed by atoms with E-state index < -0.39 is 0 Å². The highest BCUT2D eigenvalue weighted by atomic mass is 16.2. The van der Waals surface area contributed by atoms with Crippen LogP contribution in [0.5, 0.6) is 0 Å². The molecule has 8 heteroatoms. The lowest BCUT2D eigenvalue weighted by Crippen LogP contribution is -2.62. The van der Waals surface area contributed by atoms with Crippen molar-refractivity contribution in [3.8, 4) is 0 Å². The number of amides is 5. The first-order valence-electron chi connectivity index (χ1n) is 11.2. The van der Waals surface area contributed by atoms with Gasteiger partial charge in [0.05, 0.1) is 5.92 Å². The van der Waals surface area contributed by atoms with E-state index in [0.29, 0.717) is 58.2 Å². The Bertz CT molecular complexity index is 850. The van der Waals surface area contributed by atoms with Crippen molar-refractivity contribution < 1.29 is 19.2 Å². The Morgan fingerprint density at radius 2 is 1.71 bits per heavy atom. The molecular formula is C23H30N4O4. The molecule has 0 radical (unpaired) electrons. The summed E-state index contributed by atoms with van der Waals surface area (Å²) in [6.45, 7) is 1.43. The van der Waals surface area contributed by atoms with Crippen LogP contribution in [0.4, 0.5) is 4.79 Å². The van der Waals surface area contributed by atoms with Gasteiger partial charge >= 0.3 is 6.03 Å². The quantitative estimate of drug-likeness (QED) is 0.739. The fourth-order valence-electron chi connectivity index (χ4n) is 5.13. The van der Waals surface area contributed by atoms with Gasteiger partial charge in [-0.1, -0.05) is 30.3 Å². The number of piperidine rings is 1. The summed E-state index contributed by atoms with van der Waals surface area (Å²) in [5.41, 5.74) is 6.46. The van der Waals surface area contributed by atoms with Crippen molar-refractivity contribution in [2.45, 2.75) is 44.6 Å². The zero-order valence-electron chi connectivity index (χ0n) is 17.7. The van der Waals surface area contributed by atoms with Crippen LogP contribution in [0.3, 0.4) is 0 Å². The summed E-state index contributed by atoms with van der Waals surface area (Å²) in [4.78, 5) is 53.1. The van der Waals surface area contributed by atoms with E-state index in [1.165, 1.54) is 4.90 Å². The van der Waals surface area contributed by atoms with Gasteiger partial charge in [0.25, 0.3) is 0 Å². The van der Waals surface area contributed by atoms with Gasteiger partial charge < -0.3 is 16.0 Å². The number of nitrogens with one attached hydrogen (secondary N) is 1. The van der Waals surface area contributed by atoms with Crippen molar-refractivity contribution in [2.24, 2.45) is 23.5 Å². The van der Waals surface area contributed by atoms with E-state index in [2.05, 4.69) is 5.32 Å². The lowest BCUT2D eigenvalue weighted by molar-refractivity contribution is -0.144. The smallest absolute Gasteiger partial charge is 0.324 e. The van der Waals surface area contributed by atoms with E-state index in [-0.39, 0.29) is 47.5 Å². The molecule has 8 nitrogen and oxygen atoms in total. The summed E-state index contributed by atoms with van der Waals surface area (Å²) in [5, 5.41) is 2.98. The zero-order chi connectivity index (χ0) is 22.0. The molecule has 3 aliphatic rings. The molecule has 31 heavy (non-hydrogen) atoms. The molecule has 1 aliphatic carbocycles. The summed E-state index contributed by atoms with van der Waals surface area (Å²) in [6.07, 6.45) is 3.56. The molecule has 3 fully saturated rings. The van der Waals surface area contributed by atoms with E-state index in [0.717, 1.165) is 5.56 Å². The Labute approximate surface area is 182 Å². The number of nitrogens with zero attached hydrogens (tertiary/aromatic N) is 2. The standard InChI is InChI=1S/C23H30N4O4/c24-20(28)16-9-11-26(12-10-16)21(29)17-6-7-18-19(14-17)25-23(31)27(22(18)30)13-8-15-4-2-1-3-5-15/h1-5,16-19H,6-14H2,(H2,24,28)(H,25,31). The number of rotatable bonds is 5. The number of hydrogen-bond acceptors (Lipinski definition) is 4. The van der Waals surface area contributed by atoms with Crippen LogP contribution in [-0.4, -0.2) is 59.2 Å². The number of urea groups is 1. The van der Waals surface area contributed by atoms with Gasteiger partial charge in [0, 0.05) is 37.5 Å². The lowest BCUT2D eigenvalue weighted by atomic mass is 9.76. The first kappa shape index (κ1) is 21.3. The van der Waals surface area contributed by atoms with Crippen molar-refractivity contribution >= 4 is 23.8 Å². The molecule has 1 aromatic carbocycles. The molecule has 3 N–H and O–H groups in total. The average Bonchev–Trinajstić information content (AvgIpc) is 2.78. The van der Waals surface area contributed by atoms with Crippen molar-refractivity contribution in [2.75, 3.05) is 19.6 Å². The van der Waals surface area contributed by atoms with Crippen molar-refractivity contribution in [3.05, 3.63) is 35.9 Å². The zero-order valence-corrected chi connectivity index (χ0v) is 17.7. The molecule has 5 amide bonds. The van der Waals surface area contributed by atoms with Crippen LogP contribution in [0.2, 0.25) is 0 Å². The fourth-order valence-corrected chi connectivity index (χ4v) is 5.13. The molecule has 166 valence electrons. The molecule has 1 saturated carbocycles. The van der Waals surface area contributed by atoms with Gasteiger partial charge in [-0.3, -0.25) is 19.3 Å². The number of carbonyl (C=O) groups excluding carboxylic acids is 4. The van der Waals surface area contributed by atoms with Crippen molar-refractivity contribution in [1.29, 1.82) is 0 Å². The van der Waals surface area contributed by atoms with Crippen LogP contribution < -0.4 is 11.1 Å². The highest BCUT2D eigenvalue weighted by Crippen LogP contribution is 2.34. The maximum atomic E-state index is 13.0. The van der Waals surface area contributed by atoms with Gasteiger partial charge in [0.2, 0.25) is 17.7 Å². The highest BCUT2D eigenvalue weighted by molar-refractivity contribution is 5.99. The SMILES string of the molecule is NC(=O)C1CCN(C(=O)C2CCC3C(=O)N(CCc4ccccc4)C(=O)NC3C2)CC1. The number of imide groups is 1. The second-order valence-electron chi connectivity index (χ2n) is 8.90. The summed E-state index contributed by atoms with van der Waals surface area (Å²) >= 11 is 0. The Morgan fingerprint density at radius 1 is 1.00 bits per heavy atom. The minimum atomic E-state index is -0.363. The second kappa shape index (κ2) is 9.08. The van der Waals surface area contributed by atoms with E-state index in [1.807, 2.05) is 35.2 Å². The van der Waals surface area contributed by atoms with Crippen molar-refractivity contribution in [3.63, 3.8) is 0 Å². The number of carbonyl (C=O) groups is 4. The third kappa shape index (κ3) is 4.57. The molecular weight excluding hydrogens is 396 g/mol. The van der Waals surface area contributed by atoms with Crippen LogP contribution >= 0.6 is 0 Å². The lowest BCUT2D eigenvalue weighted by Gasteiger charge is -2.43. The number of fused-ring (bicyclic) bond motifs is 1. The number of likely N-dealkylation sites (tertiary alicyclic amines) is 1. The van der Waals surface area contributed by atoms with Crippen LogP contribution in [0.1, 0.15) is 37.7 Å². The average molecular weight is 427 g/mol. The molecule has 2 saturated heterocycles. The predicted molar refractivity (Wildman–Crippen MR) is 114 cm³/mol. The maximum absolute atomic E-state index is 13.0. The minimum absolute atomic E-state index is 0.0644. The Morgan fingerprint density at radius 3 is 2.39 bits per heavy atom. The molecule has 0 aromatic heterocycles. The molecule has 2 heterocycles. The van der Waals surface area contributed by atoms with Gasteiger partial charge in [-0.05, 0) is 44.1 Å². The number of primary amides is 1. The summed E-state index contributed by atoms with van der Waals surface area (Å²) in [6, 6.07) is 9.13. The third-order valence-corrected chi connectivity index (χ3v) is 7.01. The summed E-state index contributed by atoms with van der Waals surface area (Å²) in [7, 11) is 0. The molecule has 0 bridgehead atoms. The molecule has 1 aromatic rings. The monoisotopic (exact) mass is 426 g/mol. The summed E-state index contributed by atoms with van der Waals surface area (Å²) < 4.78 is 0. The maximum Gasteiger partial charge on any atom is 0.324 e. The van der Waals surface area contributed by atoms with Crippen LogP contribution in [0.15, 0.2) is 30.3 Å². The van der Waals surface area contributed by atoms with Gasteiger partial charge in [0.1, 0.15) is 0 Å². The molecule has 3 atom stereocenters. The topological polar surface area (TPSA) is 113 Å². The third-order valence-electron chi connectivity index (χ3n) is 7.01. The number of nitrogens with two attached hydrogens (primary N) is 1. The van der Waals surface area contributed by atoms with Gasteiger partial charge in [-0.25, -0.2) is 4.79 Å². The summed E-state index contributed by atoms with van der Waals surface area (Å²) in [5.74, 6) is -0.981. The van der Waals surface area contributed by atoms with Gasteiger partial charge in [-0.2, -0.15) is 0 Å². The Hall–Kier alpha value is -2.90. The number of hydrogen-bond donors (Lipinski definition) is 2. The molecule has 2 aliphatic heterocycles. The first-order valence-corrected chi connectivity index (χ1v) is 11.2. The van der Waals surface area contributed by atoms with Crippen LogP contribution in [0, 0.1) is 17.8 Å². The first-order chi connectivity index (χ1) is 14.9. The van der Waals surface area contributed by atoms with Gasteiger partial charge in [0.15, 0.2) is 0 Å². The normalized spacial score (nSPS) is 26.9. The second-order valence-corrected chi connectivity index (χ2v) is 8.90. The van der Waals surface area contributed by atoms with E-state index in [4.69, 9.17) is 5.73 Å². The van der Waals surface area contributed by atoms with Crippen LogP contribution in [-0.2, 0) is 20.8 Å². The van der Waals surface area contributed by atoms with Crippen LogP contribution in [0.25, 0.3) is 0 Å².